The van der Waals surface area contributed by atoms with Crippen LogP contribution in [-0.4, -0.2) is 47.3 Å². The molecule has 0 saturated carbocycles. The average Bonchev–Trinajstić information content (AvgIpc) is 3.24. The molecule has 2 aromatic heterocycles. The fourth-order valence-corrected chi connectivity index (χ4v) is 3.22. The van der Waals surface area contributed by atoms with Crippen LogP contribution in [0.3, 0.4) is 0 Å². The predicted octanol–water partition coefficient (Wildman–Crippen LogP) is 4.35. The van der Waals surface area contributed by atoms with Crippen LogP contribution in [0.15, 0.2) is 51.2 Å². The van der Waals surface area contributed by atoms with E-state index in [1.165, 1.54) is 12.1 Å². The molecule has 9 nitrogen and oxygen atoms in total. The van der Waals surface area contributed by atoms with E-state index in [4.69, 9.17) is 20.8 Å². The van der Waals surface area contributed by atoms with Gasteiger partial charge in [0, 0.05) is 18.7 Å². The number of aromatic nitrogens is 2. The molecule has 0 atom stereocenters. The summed E-state index contributed by atoms with van der Waals surface area (Å²) in [6.45, 7) is 2.18. The normalized spacial score (nSPS) is 14.3. The van der Waals surface area contributed by atoms with Crippen LogP contribution >= 0.6 is 11.6 Å². The van der Waals surface area contributed by atoms with Crippen LogP contribution in [0, 0.1) is 5.82 Å². The van der Waals surface area contributed by atoms with Crippen molar-refractivity contribution in [2.75, 3.05) is 31.2 Å². The Kier molecular flexibility index (Phi) is 6.19. The van der Waals surface area contributed by atoms with E-state index in [1.807, 2.05) is 0 Å². The molecule has 3 aromatic rings. The van der Waals surface area contributed by atoms with Crippen LogP contribution in [0.1, 0.15) is 16.1 Å². The van der Waals surface area contributed by atoms with E-state index in [-0.39, 0.29) is 28.9 Å². The number of halogens is 2. The van der Waals surface area contributed by atoms with Crippen molar-refractivity contribution in [1.82, 2.24) is 9.97 Å². The van der Waals surface area contributed by atoms with Crippen molar-refractivity contribution in [3.63, 3.8) is 0 Å². The maximum absolute atomic E-state index is 14.1. The zero-order valence-corrected chi connectivity index (χ0v) is 16.9. The summed E-state index contributed by atoms with van der Waals surface area (Å²) < 4.78 is 25.0. The number of anilines is 1. The molecular weight excluding hydrogens is 429 g/mol. The van der Waals surface area contributed by atoms with Gasteiger partial charge in [-0.1, -0.05) is 11.6 Å². The highest BCUT2D eigenvalue weighted by Crippen LogP contribution is 2.27. The third-order valence-corrected chi connectivity index (χ3v) is 4.88. The average molecular weight is 446 g/mol. The molecular formula is C20H17ClFN5O4. The van der Waals surface area contributed by atoms with Gasteiger partial charge in [0.1, 0.15) is 18.1 Å². The van der Waals surface area contributed by atoms with Crippen molar-refractivity contribution in [1.29, 1.82) is 0 Å². The van der Waals surface area contributed by atoms with E-state index in [9.17, 15) is 14.3 Å². The number of benzene rings is 1. The van der Waals surface area contributed by atoms with Gasteiger partial charge in [0.25, 0.3) is 5.95 Å². The van der Waals surface area contributed by atoms with E-state index in [2.05, 4.69) is 20.2 Å². The Labute approximate surface area is 181 Å². The number of carboxylic acid groups (broad SMARTS) is 1. The van der Waals surface area contributed by atoms with Crippen LogP contribution in [0.4, 0.5) is 16.2 Å². The van der Waals surface area contributed by atoms with Gasteiger partial charge >= 0.3 is 5.97 Å². The molecule has 4 rings (SSSR count). The summed E-state index contributed by atoms with van der Waals surface area (Å²) in [7, 11) is 0. The Hall–Kier alpha value is -3.37. The van der Waals surface area contributed by atoms with Crippen molar-refractivity contribution in [3.8, 4) is 11.3 Å². The van der Waals surface area contributed by atoms with Crippen molar-refractivity contribution in [2.24, 2.45) is 10.2 Å². The zero-order chi connectivity index (χ0) is 21.8. The number of nitrogens with zero attached hydrogens (tertiary/aromatic N) is 5. The standard InChI is InChI=1S/C20H17ClFN5O4/c21-15-3-1-12(9-14(15)19(28)29)17-4-2-13(31-17)10-24-26-20-23-11-16(22)18(25-20)27-5-7-30-8-6-27/h1-4,9,11H,5-8,10H2,(H,28,29). The highest BCUT2D eigenvalue weighted by atomic mass is 35.5. The molecule has 0 amide bonds. The first kappa shape index (κ1) is 20.9. The number of carboxylic acids is 1. The Morgan fingerprint density at radius 3 is 2.84 bits per heavy atom. The number of furan rings is 1. The van der Waals surface area contributed by atoms with Crippen molar-refractivity contribution in [2.45, 2.75) is 6.54 Å². The molecule has 0 spiro atoms. The SMILES string of the molecule is O=C(O)c1cc(-c2ccc(CN=Nc3ncc(F)c(N4CCOCC4)n3)o2)ccc1Cl. The number of morpholine rings is 1. The Bertz CT molecular complexity index is 1130. The Balaban J connectivity index is 1.45. The monoisotopic (exact) mass is 445 g/mol. The first-order valence-electron chi connectivity index (χ1n) is 9.36. The number of hydrogen-bond acceptors (Lipinski definition) is 8. The summed E-state index contributed by atoms with van der Waals surface area (Å²) in [4.78, 5) is 21.0. The lowest BCUT2D eigenvalue weighted by atomic mass is 10.1. The molecule has 1 saturated heterocycles. The molecule has 3 heterocycles. The maximum atomic E-state index is 14.1. The molecule has 160 valence electrons. The highest BCUT2D eigenvalue weighted by molar-refractivity contribution is 6.33. The molecule has 0 unspecified atom stereocenters. The minimum Gasteiger partial charge on any atom is -0.478 e. The summed E-state index contributed by atoms with van der Waals surface area (Å²) in [5.74, 6) is -0.468. The van der Waals surface area contributed by atoms with E-state index < -0.39 is 11.8 Å². The molecule has 1 N–H and O–H groups in total. The summed E-state index contributed by atoms with van der Waals surface area (Å²) >= 11 is 5.90. The summed E-state index contributed by atoms with van der Waals surface area (Å²) in [5.41, 5.74) is 0.559. The van der Waals surface area contributed by atoms with Crippen molar-refractivity contribution in [3.05, 3.63) is 58.7 Å². The smallest absolute Gasteiger partial charge is 0.337 e. The molecule has 1 aliphatic heterocycles. The zero-order valence-electron chi connectivity index (χ0n) is 16.2. The molecule has 0 radical (unpaired) electrons. The second kappa shape index (κ2) is 9.19. The van der Waals surface area contributed by atoms with Gasteiger partial charge in [0.2, 0.25) is 0 Å². The third kappa shape index (κ3) is 4.86. The first-order chi connectivity index (χ1) is 15.0. The van der Waals surface area contributed by atoms with Gasteiger partial charge < -0.3 is 19.2 Å². The lowest BCUT2D eigenvalue weighted by molar-refractivity contribution is 0.0697. The fraction of sp³-hybridized carbons (Fsp3) is 0.250. The van der Waals surface area contributed by atoms with Crippen LogP contribution in [0.25, 0.3) is 11.3 Å². The van der Waals surface area contributed by atoms with Gasteiger partial charge in [-0.05, 0) is 30.3 Å². The van der Waals surface area contributed by atoms with Crippen LogP contribution in [0.5, 0.6) is 0 Å². The number of carbonyl (C=O) groups is 1. The summed E-state index contributed by atoms with van der Waals surface area (Å²) in [6.07, 6.45) is 1.07. The van der Waals surface area contributed by atoms with E-state index in [1.54, 1.807) is 23.1 Å². The largest absolute Gasteiger partial charge is 0.478 e. The van der Waals surface area contributed by atoms with Gasteiger partial charge in [-0.25, -0.2) is 14.2 Å². The molecule has 11 heteroatoms. The van der Waals surface area contributed by atoms with Gasteiger partial charge in [-0.2, -0.15) is 10.1 Å². The topological polar surface area (TPSA) is 113 Å². The quantitative estimate of drug-likeness (QED) is 0.561. The molecule has 1 aliphatic rings. The summed E-state index contributed by atoms with van der Waals surface area (Å²) in [6, 6.07) is 8.01. The molecule has 31 heavy (non-hydrogen) atoms. The van der Waals surface area contributed by atoms with Gasteiger partial charge in [-0.15, -0.1) is 5.11 Å². The number of rotatable bonds is 6. The lowest BCUT2D eigenvalue weighted by Crippen LogP contribution is -2.37. The number of aromatic carboxylic acids is 1. The fourth-order valence-electron chi connectivity index (χ4n) is 3.02. The Morgan fingerprint density at radius 1 is 1.26 bits per heavy atom. The molecule has 1 aromatic carbocycles. The third-order valence-electron chi connectivity index (χ3n) is 4.55. The van der Waals surface area contributed by atoms with Gasteiger partial charge in [0.05, 0.1) is 30.0 Å². The molecule has 0 bridgehead atoms. The van der Waals surface area contributed by atoms with E-state index >= 15 is 0 Å². The number of hydrogen-bond donors (Lipinski definition) is 1. The van der Waals surface area contributed by atoms with Crippen LogP contribution in [-0.2, 0) is 11.3 Å². The van der Waals surface area contributed by atoms with E-state index in [0.29, 0.717) is 43.4 Å². The minimum absolute atomic E-state index is 0.0127. The van der Waals surface area contributed by atoms with E-state index in [0.717, 1.165) is 6.20 Å². The predicted molar refractivity (Wildman–Crippen MR) is 109 cm³/mol. The van der Waals surface area contributed by atoms with Crippen LogP contribution in [0.2, 0.25) is 5.02 Å². The molecule has 1 fully saturated rings. The minimum atomic E-state index is -1.12. The first-order valence-corrected chi connectivity index (χ1v) is 9.74. The highest BCUT2D eigenvalue weighted by Gasteiger charge is 2.18. The number of ether oxygens (including phenoxy) is 1. The maximum Gasteiger partial charge on any atom is 0.337 e. The van der Waals surface area contributed by atoms with Gasteiger partial charge in [-0.3, -0.25) is 0 Å². The molecule has 0 aliphatic carbocycles. The van der Waals surface area contributed by atoms with Crippen molar-refractivity contribution >= 4 is 29.3 Å². The van der Waals surface area contributed by atoms with Gasteiger partial charge in [0.15, 0.2) is 11.6 Å². The summed E-state index contributed by atoms with van der Waals surface area (Å²) in [5, 5.41) is 17.3. The second-order valence-corrected chi connectivity index (χ2v) is 7.01. The second-order valence-electron chi connectivity index (χ2n) is 6.61. The van der Waals surface area contributed by atoms with Crippen LogP contribution < -0.4 is 4.90 Å². The lowest BCUT2D eigenvalue weighted by Gasteiger charge is -2.27. The Morgan fingerprint density at radius 2 is 2.06 bits per heavy atom. The number of azo groups is 1. The van der Waals surface area contributed by atoms with Crippen molar-refractivity contribution < 1.29 is 23.4 Å².